The molecular formula is C28H34N2O5. The van der Waals surface area contributed by atoms with Crippen molar-refractivity contribution in [2.75, 3.05) is 58.9 Å². The number of ketones is 1. The lowest BCUT2D eigenvalue weighted by molar-refractivity contribution is 0.0398. The maximum absolute atomic E-state index is 13.2. The summed E-state index contributed by atoms with van der Waals surface area (Å²) in [4.78, 5) is 15.5. The molecule has 0 spiro atoms. The lowest BCUT2D eigenvalue weighted by atomic mass is 9.97. The van der Waals surface area contributed by atoms with E-state index in [9.17, 15) is 4.79 Å². The number of allylic oxidation sites excluding steroid dienone is 1. The summed E-state index contributed by atoms with van der Waals surface area (Å²) < 4.78 is 22.5. The van der Waals surface area contributed by atoms with E-state index in [1.165, 1.54) is 0 Å². The average Bonchev–Trinajstić information content (AvgIpc) is 2.86. The number of nitrogens with one attached hydrogen (secondary N) is 1. The van der Waals surface area contributed by atoms with E-state index >= 15 is 0 Å². The van der Waals surface area contributed by atoms with Crippen molar-refractivity contribution in [3.63, 3.8) is 0 Å². The Balaban J connectivity index is 1.49. The van der Waals surface area contributed by atoms with Crippen molar-refractivity contribution in [3.05, 3.63) is 59.2 Å². The zero-order chi connectivity index (χ0) is 24.8. The summed E-state index contributed by atoms with van der Waals surface area (Å²) in [7, 11) is 3.27. The number of carbonyl (C=O) groups excluding carboxylic acids is 1. The Bertz CT molecular complexity index is 1120. The number of hydrogen-bond donors (Lipinski definition) is 1. The normalized spacial score (nSPS) is 17.0. The van der Waals surface area contributed by atoms with Crippen molar-refractivity contribution in [2.24, 2.45) is 0 Å². The van der Waals surface area contributed by atoms with Crippen LogP contribution in [0.5, 0.6) is 17.2 Å². The topological polar surface area (TPSA) is 69.3 Å². The highest BCUT2D eigenvalue weighted by Gasteiger charge is 2.27. The van der Waals surface area contributed by atoms with E-state index in [4.69, 9.17) is 18.9 Å². The zero-order valence-electron chi connectivity index (χ0n) is 20.9. The molecule has 0 unspecified atom stereocenters. The van der Waals surface area contributed by atoms with E-state index in [2.05, 4.69) is 10.2 Å². The molecule has 4 rings (SSSR count). The predicted molar refractivity (Wildman–Crippen MR) is 139 cm³/mol. The van der Waals surface area contributed by atoms with Crippen LogP contribution in [0.3, 0.4) is 0 Å². The van der Waals surface area contributed by atoms with Crippen molar-refractivity contribution >= 4 is 23.6 Å². The third-order valence-corrected chi connectivity index (χ3v) is 6.16. The number of morpholine rings is 1. The Kier molecular flexibility index (Phi) is 7.78. The minimum atomic E-state index is -0.504. The standard InChI is InChI=1S/C28H34N2O5/c1-28(2)12-11-22-25(32-3)10-7-21(27(22)35-28)24(31)8-5-20-6-9-26(33-4)23(19-20)29-13-14-30-15-17-34-18-16-30/h5-12,19,29H,13-18H2,1-4H3/b8-5+. The van der Waals surface area contributed by atoms with Crippen molar-refractivity contribution in [2.45, 2.75) is 19.4 Å². The van der Waals surface area contributed by atoms with Gasteiger partial charge in [-0.25, -0.2) is 0 Å². The number of hydrogen-bond acceptors (Lipinski definition) is 7. The molecule has 0 atom stereocenters. The molecule has 2 aromatic rings. The van der Waals surface area contributed by atoms with E-state index in [1.807, 2.05) is 50.3 Å². The number of benzene rings is 2. The van der Waals surface area contributed by atoms with E-state index in [1.54, 1.807) is 32.4 Å². The zero-order valence-corrected chi connectivity index (χ0v) is 20.9. The van der Waals surface area contributed by atoms with Gasteiger partial charge in [0.2, 0.25) is 0 Å². The molecule has 0 aliphatic carbocycles. The van der Waals surface area contributed by atoms with E-state index in [0.717, 1.165) is 62.0 Å². The third kappa shape index (κ3) is 6.05. The summed E-state index contributed by atoms with van der Waals surface area (Å²) in [6.45, 7) is 9.12. The number of ether oxygens (including phenoxy) is 4. The highest BCUT2D eigenvalue weighted by atomic mass is 16.5. The fourth-order valence-electron chi connectivity index (χ4n) is 4.20. The van der Waals surface area contributed by atoms with Crippen LogP contribution in [0.2, 0.25) is 0 Å². The Labute approximate surface area is 207 Å². The van der Waals surface area contributed by atoms with Crippen LogP contribution in [0.1, 0.15) is 35.3 Å². The second kappa shape index (κ2) is 11.0. The van der Waals surface area contributed by atoms with Gasteiger partial charge in [-0.2, -0.15) is 0 Å². The smallest absolute Gasteiger partial charge is 0.189 e. The van der Waals surface area contributed by atoms with Gasteiger partial charge in [-0.1, -0.05) is 12.1 Å². The summed E-state index contributed by atoms with van der Waals surface area (Å²) >= 11 is 0. The summed E-state index contributed by atoms with van der Waals surface area (Å²) in [6, 6.07) is 9.39. The van der Waals surface area contributed by atoms with Gasteiger partial charge in [0, 0.05) is 26.2 Å². The minimum Gasteiger partial charge on any atom is -0.496 e. The lowest BCUT2D eigenvalue weighted by Gasteiger charge is -2.29. The number of fused-ring (bicyclic) bond motifs is 1. The van der Waals surface area contributed by atoms with Gasteiger partial charge < -0.3 is 24.3 Å². The van der Waals surface area contributed by atoms with Gasteiger partial charge in [-0.05, 0) is 61.9 Å². The van der Waals surface area contributed by atoms with Crippen LogP contribution in [0.25, 0.3) is 12.2 Å². The highest BCUT2D eigenvalue weighted by Crippen LogP contribution is 2.40. The third-order valence-electron chi connectivity index (χ3n) is 6.16. The summed E-state index contributed by atoms with van der Waals surface area (Å²) in [5.74, 6) is 1.86. The van der Waals surface area contributed by atoms with Crippen LogP contribution in [-0.4, -0.2) is 69.9 Å². The first-order valence-electron chi connectivity index (χ1n) is 11.9. The Morgan fingerprint density at radius 2 is 1.86 bits per heavy atom. The largest absolute Gasteiger partial charge is 0.496 e. The summed E-state index contributed by atoms with van der Waals surface area (Å²) in [6.07, 6.45) is 7.31. The van der Waals surface area contributed by atoms with Gasteiger partial charge in [0.05, 0.1) is 44.2 Å². The molecule has 1 saturated heterocycles. The molecule has 35 heavy (non-hydrogen) atoms. The monoisotopic (exact) mass is 478 g/mol. The number of carbonyl (C=O) groups is 1. The first kappa shape index (κ1) is 24.8. The second-order valence-electron chi connectivity index (χ2n) is 9.14. The molecule has 2 aliphatic rings. The maximum atomic E-state index is 13.2. The Hall–Kier alpha value is -3.29. The van der Waals surface area contributed by atoms with Crippen LogP contribution in [0.4, 0.5) is 5.69 Å². The van der Waals surface area contributed by atoms with Gasteiger partial charge in [0.25, 0.3) is 0 Å². The Morgan fingerprint density at radius 3 is 2.60 bits per heavy atom. The molecule has 1 N–H and O–H groups in total. The van der Waals surface area contributed by atoms with E-state index in [0.29, 0.717) is 17.1 Å². The Morgan fingerprint density at radius 1 is 1.11 bits per heavy atom. The van der Waals surface area contributed by atoms with Crippen LogP contribution >= 0.6 is 0 Å². The SMILES string of the molecule is COc1ccc(/C=C/C(=O)c2ccc(OC)c3c2OC(C)(C)C=C3)cc1NCCN1CCOCC1. The molecule has 0 radical (unpaired) electrons. The molecular weight excluding hydrogens is 444 g/mol. The van der Waals surface area contributed by atoms with Crippen molar-refractivity contribution in [1.82, 2.24) is 4.90 Å². The van der Waals surface area contributed by atoms with Gasteiger partial charge in [0.1, 0.15) is 22.8 Å². The summed E-state index contributed by atoms with van der Waals surface area (Å²) in [5, 5.41) is 3.47. The highest BCUT2D eigenvalue weighted by molar-refractivity contribution is 6.09. The molecule has 1 fully saturated rings. The predicted octanol–water partition coefficient (Wildman–Crippen LogP) is 4.53. The number of rotatable bonds is 9. The fourth-order valence-corrected chi connectivity index (χ4v) is 4.20. The van der Waals surface area contributed by atoms with E-state index < -0.39 is 5.60 Å². The van der Waals surface area contributed by atoms with Crippen LogP contribution in [0.15, 0.2) is 42.5 Å². The second-order valence-corrected chi connectivity index (χ2v) is 9.14. The molecule has 2 aliphatic heterocycles. The van der Waals surface area contributed by atoms with Crippen LogP contribution < -0.4 is 19.5 Å². The molecule has 186 valence electrons. The van der Waals surface area contributed by atoms with Gasteiger partial charge in [0.15, 0.2) is 5.78 Å². The number of methoxy groups -OCH3 is 2. The maximum Gasteiger partial charge on any atom is 0.189 e. The van der Waals surface area contributed by atoms with Gasteiger partial charge >= 0.3 is 0 Å². The first-order valence-corrected chi connectivity index (χ1v) is 11.9. The van der Waals surface area contributed by atoms with Crippen molar-refractivity contribution < 1.29 is 23.7 Å². The molecule has 7 nitrogen and oxygen atoms in total. The van der Waals surface area contributed by atoms with Crippen LogP contribution in [-0.2, 0) is 4.74 Å². The molecule has 7 heteroatoms. The quantitative estimate of drug-likeness (QED) is 0.420. The van der Waals surface area contributed by atoms with E-state index in [-0.39, 0.29) is 5.78 Å². The summed E-state index contributed by atoms with van der Waals surface area (Å²) in [5.41, 5.74) is 2.58. The fraction of sp³-hybridized carbons (Fsp3) is 0.393. The molecule has 0 saturated carbocycles. The van der Waals surface area contributed by atoms with Gasteiger partial charge in [-0.15, -0.1) is 0 Å². The van der Waals surface area contributed by atoms with Crippen molar-refractivity contribution in [3.8, 4) is 17.2 Å². The van der Waals surface area contributed by atoms with Crippen LogP contribution in [0, 0.1) is 0 Å². The molecule has 0 bridgehead atoms. The molecule has 0 aromatic heterocycles. The number of nitrogens with zero attached hydrogens (tertiary/aromatic N) is 1. The van der Waals surface area contributed by atoms with Crippen molar-refractivity contribution in [1.29, 1.82) is 0 Å². The molecule has 2 heterocycles. The molecule has 0 amide bonds. The first-order chi connectivity index (χ1) is 16.9. The molecule has 2 aromatic carbocycles. The number of anilines is 1. The average molecular weight is 479 g/mol. The van der Waals surface area contributed by atoms with Gasteiger partial charge in [-0.3, -0.25) is 9.69 Å². The lowest BCUT2D eigenvalue weighted by Crippen LogP contribution is -2.39. The minimum absolute atomic E-state index is 0.132.